The third kappa shape index (κ3) is 1.77. The highest BCUT2D eigenvalue weighted by Crippen LogP contribution is 2.18. The minimum atomic E-state index is -0.718. The summed E-state index contributed by atoms with van der Waals surface area (Å²) in [6, 6.07) is 7.99. The Morgan fingerprint density at radius 3 is 2.56 bits per heavy atom. The molecule has 1 aliphatic heterocycles. The number of ether oxygens (including phenoxy) is 1. The van der Waals surface area contributed by atoms with Crippen molar-refractivity contribution in [3.8, 4) is 0 Å². The Morgan fingerprint density at radius 1 is 1.38 bits per heavy atom. The van der Waals surface area contributed by atoms with Crippen LogP contribution < -0.4 is 10.7 Å². The van der Waals surface area contributed by atoms with Crippen LogP contribution in [0.1, 0.15) is 0 Å². The van der Waals surface area contributed by atoms with Gasteiger partial charge in [-0.15, -0.1) is 0 Å². The molecule has 1 aromatic carbocycles. The molecule has 0 aliphatic carbocycles. The molecule has 84 valence electrons. The van der Waals surface area contributed by atoms with Gasteiger partial charge in [-0.1, -0.05) is 18.2 Å². The smallest absolute Gasteiger partial charge is 0.429 e. The molecule has 1 aliphatic rings. The number of hydrogen-bond acceptors (Lipinski definition) is 3. The number of benzene rings is 1. The molecule has 1 saturated heterocycles. The first-order chi connectivity index (χ1) is 7.70. The van der Waals surface area contributed by atoms with Crippen LogP contribution in [0.2, 0.25) is 0 Å². The van der Waals surface area contributed by atoms with Gasteiger partial charge in [-0.2, -0.15) is 5.01 Å². The van der Waals surface area contributed by atoms with Crippen molar-refractivity contribution in [1.82, 2.24) is 5.01 Å². The lowest BCUT2D eigenvalue weighted by molar-refractivity contribution is 0.156. The summed E-state index contributed by atoms with van der Waals surface area (Å²) in [5.41, 5.74) is 5.78. The third-order valence-corrected chi connectivity index (χ3v) is 2.19. The topological polar surface area (TPSA) is 75.9 Å². The molecule has 0 spiro atoms. The molecular formula is C10H11N3O3. The number of nitrogens with zero attached hydrogens (tertiary/aromatic N) is 2. The maximum atomic E-state index is 11.3. The van der Waals surface area contributed by atoms with Crippen LogP contribution >= 0.6 is 0 Å². The van der Waals surface area contributed by atoms with Crippen molar-refractivity contribution in [1.29, 1.82) is 0 Å². The fourth-order valence-corrected chi connectivity index (χ4v) is 1.52. The van der Waals surface area contributed by atoms with E-state index in [9.17, 15) is 9.59 Å². The zero-order valence-corrected chi connectivity index (χ0v) is 8.50. The van der Waals surface area contributed by atoms with Crippen LogP contribution in [0.5, 0.6) is 0 Å². The van der Waals surface area contributed by atoms with Crippen molar-refractivity contribution in [2.75, 3.05) is 18.2 Å². The Hall–Kier alpha value is -2.24. The van der Waals surface area contributed by atoms with Crippen molar-refractivity contribution in [2.45, 2.75) is 0 Å². The van der Waals surface area contributed by atoms with Crippen molar-refractivity contribution < 1.29 is 14.3 Å². The number of urea groups is 1. The van der Waals surface area contributed by atoms with Gasteiger partial charge in [0.05, 0.1) is 12.2 Å². The highest BCUT2D eigenvalue weighted by molar-refractivity contribution is 5.93. The first-order valence-electron chi connectivity index (χ1n) is 4.79. The lowest BCUT2D eigenvalue weighted by atomic mass is 10.3. The van der Waals surface area contributed by atoms with Crippen LogP contribution in [0, 0.1) is 0 Å². The fourth-order valence-electron chi connectivity index (χ4n) is 1.52. The summed E-state index contributed by atoms with van der Waals surface area (Å²) in [6.45, 7) is 0.576. The molecule has 2 N–H and O–H groups in total. The van der Waals surface area contributed by atoms with Crippen molar-refractivity contribution in [3.63, 3.8) is 0 Å². The number of cyclic esters (lactones) is 1. The molecule has 0 radical (unpaired) electrons. The zero-order valence-electron chi connectivity index (χ0n) is 8.50. The minimum absolute atomic E-state index is 0.259. The van der Waals surface area contributed by atoms with Crippen molar-refractivity contribution in [3.05, 3.63) is 30.3 Å². The zero-order chi connectivity index (χ0) is 11.5. The second-order valence-corrected chi connectivity index (χ2v) is 3.22. The molecule has 1 aromatic rings. The summed E-state index contributed by atoms with van der Waals surface area (Å²) >= 11 is 0. The van der Waals surface area contributed by atoms with Gasteiger partial charge in [0, 0.05) is 0 Å². The molecule has 0 bridgehead atoms. The van der Waals surface area contributed by atoms with Gasteiger partial charge in [-0.05, 0) is 12.1 Å². The van der Waals surface area contributed by atoms with E-state index in [1.807, 2.05) is 6.07 Å². The first kappa shape index (κ1) is 10.3. The van der Waals surface area contributed by atoms with E-state index in [-0.39, 0.29) is 6.61 Å². The molecular weight excluding hydrogens is 210 g/mol. The summed E-state index contributed by atoms with van der Waals surface area (Å²) in [4.78, 5) is 22.7. The van der Waals surface area contributed by atoms with Crippen LogP contribution in [-0.2, 0) is 4.74 Å². The first-order valence-corrected chi connectivity index (χ1v) is 4.79. The number of amides is 3. The number of nitrogens with two attached hydrogens (primary N) is 1. The number of hydrazine groups is 1. The lowest BCUT2D eigenvalue weighted by Gasteiger charge is -2.27. The van der Waals surface area contributed by atoms with Gasteiger partial charge in [-0.25, -0.2) is 14.6 Å². The molecule has 0 aromatic heterocycles. The molecule has 0 unspecified atom stereocenters. The maximum Gasteiger partial charge on any atom is 0.429 e. The van der Waals surface area contributed by atoms with Gasteiger partial charge in [0.1, 0.15) is 6.61 Å². The van der Waals surface area contributed by atoms with Gasteiger partial charge >= 0.3 is 12.1 Å². The minimum Gasteiger partial charge on any atom is -0.446 e. The number of para-hydroxylation sites is 1. The standard InChI is InChI=1S/C10H11N3O3/c11-9(14)13(8-4-2-1-3-5-8)12-6-7-16-10(12)15/h1-5H,6-7H2,(H2,11,14). The summed E-state index contributed by atoms with van der Waals surface area (Å²) in [7, 11) is 0. The molecule has 0 saturated carbocycles. The number of primary amides is 1. The summed E-state index contributed by atoms with van der Waals surface area (Å²) in [6.07, 6.45) is -0.567. The number of rotatable bonds is 2. The van der Waals surface area contributed by atoms with Gasteiger partial charge in [0.2, 0.25) is 0 Å². The van der Waals surface area contributed by atoms with E-state index in [1.54, 1.807) is 24.3 Å². The SMILES string of the molecule is NC(=O)N(c1ccccc1)N1CCOC1=O. The highest BCUT2D eigenvalue weighted by atomic mass is 16.6. The van der Waals surface area contributed by atoms with Gasteiger partial charge in [-0.3, -0.25) is 0 Å². The van der Waals surface area contributed by atoms with Gasteiger partial charge in [0.25, 0.3) is 0 Å². The Labute approximate surface area is 92.2 Å². The fraction of sp³-hybridized carbons (Fsp3) is 0.200. The van der Waals surface area contributed by atoms with Crippen LogP contribution in [-0.4, -0.2) is 30.3 Å². The Balaban J connectivity index is 2.31. The average Bonchev–Trinajstić information content (AvgIpc) is 2.66. The molecule has 3 amide bonds. The number of carbonyl (C=O) groups is 2. The quantitative estimate of drug-likeness (QED) is 0.807. The second kappa shape index (κ2) is 4.09. The normalized spacial score (nSPS) is 14.8. The second-order valence-electron chi connectivity index (χ2n) is 3.22. The van der Waals surface area contributed by atoms with Gasteiger partial charge in [0.15, 0.2) is 0 Å². The molecule has 0 atom stereocenters. The lowest BCUT2D eigenvalue weighted by Crippen LogP contribution is -2.50. The van der Waals surface area contributed by atoms with E-state index in [0.29, 0.717) is 12.2 Å². The molecule has 1 fully saturated rings. The number of anilines is 1. The highest BCUT2D eigenvalue weighted by Gasteiger charge is 2.31. The van der Waals surface area contributed by atoms with Crippen LogP contribution in [0.25, 0.3) is 0 Å². The van der Waals surface area contributed by atoms with E-state index in [4.69, 9.17) is 10.5 Å². The van der Waals surface area contributed by atoms with Crippen molar-refractivity contribution >= 4 is 17.8 Å². The summed E-state index contributed by atoms with van der Waals surface area (Å²) in [5, 5.41) is 2.28. The van der Waals surface area contributed by atoms with E-state index in [1.165, 1.54) is 5.01 Å². The molecule has 16 heavy (non-hydrogen) atoms. The predicted octanol–water partition coefficient (Wildman–Crippen LogP) is 0.939. The van der Waals surface area contributed by atoms with E-state index in [2.05, 4.69) is 0 Å². The van der Waals surface area contributed by atoms with E-state index < -0.39 is 12.1 Å². The Bertz CT molecular complexity index is 407. The van der Waals surface area contributed by atoms with Crippen LogP contribution in [0.4, 0.5) is 15.3 Å². The monoisotopic (exact) mass is 221 g/mol. The Morgan fingerprint density at radius 2 is 2.06 bits per heavy atom. The number of hydrogen-bond donors (Lipinski definition) is 1. The largest absolute Gasteiger partial charge is 0.446 e. The predicted molar refractivity (Wildman–Crippen MR) is 56.6 cm³/mol. The summed E-state index contributed by atoms with van der Waals surface area (Å²) in [5.74, 6) is 0. The van der Waals surface area contributed by atoms with Gasteiger partial charge < -0.3 is 10.5 Å². The third-order valence-electron chi connectivity index (χ3n) is 2.19. The molecule has 6 heteroatoms. The molecule has 1 heterocycles. The van der Waals surface area contributed by atoms with E-state index >= 15 is 0 Å². The summed E-state index contributed by atoms with van der Waals surface area (Å²) < 4.78 is 4.76. The molecule has 2 rings (SSSR count). The average molecular weight is 221 g/mol. The van der Waals surface area contributed by atoms with Crippen molar-refractivity contribution in [2.24, 2.45) is 5.73 Å². The number of carbonyl (C=O) groups excluding carboxylic acids is 2. The maximum absolute atomic E-state index is 11.3. The molecule has 6 nitrogen and oxygen atoms in total. The van der Waals surface area contributed by atoms with Crippen LogP contribution in [0.15, 0.2) is 30.3 Å². The van der Waals surface area contributed by atoms with Crippen LogP contribution in [0.3, 0.4) is 0 Å². The van der Waals surface area contributed by atoms with E-state index in [0.717, 1.165) is 5.01 Å². The Kier molecular flexibility index (Phi) is 2.63.